The van der Waals surface area contributed by atoms with Crippen LogP contribution in [0.2, 0.25) is 0 Å². The summed E-state index contributed by atoms with van der Waals surface area (Å²) in [7, 11) is 0. The summed E-state index contributed by atoms with van der Waals surface area (Å²) in [6.07, 6.45) is 0.816. The number of rotatable bonds is 8. The number of oxime groups is 1. The largest absolute Gasteiger partial charge is 0.454 e. The van der Waals surface area contributed by atoms with Crippen molar-refractivity contribution in [3.8, 4) is 11.5 Å². The summed E-state index contributed by atoms with van der Waals surface area (Å²) in [6.45, 7) is 3.72. The Morgan fingerprint density at radius 1 is 1.25 bits per heavy atom. The lowest BCUT2D eigenvalue weighted by molar-refractivity contribution is -0.152. The second-order valence-electron chi connectivity index (χ2n) is 5.03. The number of benzene rings is 1. The summed E-state index contributed by atoms with van der Waals surface area (Å²) in [5.41, 5.74) is 1.35. The molecule has 0 aromatic heterocycles. The first-order valence-electron chi connectivity index (χ1n) is 7.59. The van der Waals surface area contributed by atoms with Crippen LogP contribution in [-0.2, 0) is 19.2 Å². The van der Waals surface area contributed by atoms with E-state index in [0.29, 0.717) is 23.8 Å². The van der Waals surface area contributed by atoms with E-state index in [2.05, 4.69) is 10.5 Å². The molecule has 8 nitrogen and oxygen atoms in total. The van der Waals surface area contributed by atoms with Gasteiger partial charge in [-0.1, -0.05) is 12.1 Å². The fraction of sp³-hybridized carbons (Fsp3) is 0.438. The molecule has 1 heterocycles. The second-order valence-corrected chi connectivity index (χ2v) is 5.03. The lowest BCUT2D eigenvalue weighted by Gasteiger charge is -2.06. The van der Waals surface area contributed by atoms with Crippen molar-refractivity contribution < 1.29 is 28.6 Å². The fourth-order valence-corrected chi connectivity index (χ4v) is 1.86. The minimum absolute atomic E-state index is 0.198. The van der Waals surface area contributed by atoms with Crippen molar-refractivity contribution in [2.45, 2.75) is 20.3 Å². The maximum absolute atomic E-state index is 11.5. The molecule has 1 N–H and O–H groups in total. The van der Waals surface area contributed by atoms with Gasteiger partial charge in [0.05, 0.1) is 5.71 Å². The number of fused-ring (bicyclic) bond motifs is 1. The molecule has 1 aliphatic rings. The molecule has 0 atom stereocenters. The highest BCUT2D eigenvalue weighted by atomic mass is 16.7. The molecular formula is C16H20N2O6. The number of esters is 1. The molecule has 0 spiro atoms. The first-order chi connectivity index (χ1) is 11.6. The average molecular weight is 336 g/mol. The standard InChI is InChI=1S/C16H20N2O6/c1-3-6-17-15(19)8-21-16(20)9-24-18-11(2)12-4-5-13-14(7-12)23-10-22-13/h4-5,7H,3,6,8-10H2,1-2H3,(H,17,19). The Kier molecular flexibility index (Phi) is 6.41. The SMILES string of the molecule is CCCNC(=O)COC(=O)CON=C(C)c1ccc2c(c1)OCO2. The van der Waals surface area contributed by atoms with Crippen LogP contribution in [-0.4, -0.2) is 44.1 Å². The van der Waals surface area contributed by atoms with Crippen LogP contribution in [0.5, 0.6) is 11.5 Å². The summed E-state index contributed by atoms with van der Waals surface area (Å²) in [5, 5.41) is 6.45. The van der Waals surface area contributed by atoms with E-state index >= 15 is 0 Å². The Morgan fingerprint density at radius 2 is 2.04 bits per heavy atom. The summed E-state index contributed by atoms with van der Waals surface area (Å²) in [4.78, 5) is 27.7. The molecule has 1 aromatic carbocycles. The Morgan fingerprint density at radius 3 is 2.83 bits per heavy atom. The maximum Gasteiger partial charge on any atom is 0.347 e. The van der Waals surface area contributed by atoms with Crippen LogP contribution in [0.4, 0.5) is 0 Å². The molecule has 0 fully saturated rings. The fourth-order valence-electron chi connectivity index (χ4n) is 1.86. The zero-order chi connectivity index (χ0) is 17.4. The smallest absolute Gasteiger partial charge is 0.347 e. The second kappa shape index (κ2) is 8.76. The monoisotopic (exact) mass is 336 g/mol. The number of hydrogen-bond donors (Lipinski definition) is 1. The Bertz CT molecular complexity index is 629. The normalized spacial score (nSPS) is 12.7. The van der Waals surface area contributed by atoms with Gasteiger partial charge in [-0.2, -0.15) is 0 Å². The minimum Gasteiger partial charge on any atom is -0.454 e. The van der Waals surface area contributed by atoms with Crippen molar-refractivity contribution in [2.75, 3.05) is 26.6 Å². The topological polar surface area (TPSA) is 95.5 Å². The molecule has 0 unspecified atom stereocenters. The molecule has 0 bridgehead atoms. The van der Waals surface area contributed by atoms with Crippen molar-refractivity contribution >= 4 is 17.6 Å². The van der Waals surface area contributed by atoms with Crippen molar-refractivity contribution in [1.29, 1.82) is 0 Å². The van der Waals surface area contributed by atoms with Gasteiger partial charge < -0.3 is 24.4 Å². The lowest BCUT2D eigenvalue weighted by atomic mass is 10.1. The zero-order valence-corrected chi connectivity index (χ0v) is 13.7. The summed E-state index contributed by atoms with van der Waals surface area (Å²) < 4.78 is 15.3. The number of ether oxygens (including phenoxy) is 3. The third-order valence-corrected chi connectivity index (χ3v) is 3.11. The van der Waals surface area contributed by atoms with E-state index in [1.54, 1.807) is 19.1 Å². The molecule has 1 aromatic rings. The van der Waals surface area contributed by atoms with E-state index < -0.39 is 5.97 Å². The molecule has 0 saturated carbocycles. The Labute approximate surface area is 139 Å². The van der Waals surface area contributed by atoms with Crippen LogP contribution in [0, 0.1) is 0 Å². The number of nitrogens with zero attached hydrogens (tertiary/aromatic N) is 1. The molecule has 130 valence electrons. The van der Waals surface area contributed by atoms with E-state index in [1.165, 1.54) is 0 Å². The van der Waals surface area contributed by atoms with Crippen molar-refractivity contribution in [1.82, 2.24) is 5.32 Å². The number of hydrogen-bond acceptors (Lipinski definition) is 7. The van der Waals surface area contributed by atoms with Gasteiger partial charge in [-0.25, -0.2) is 4.79 Å². The van der Waals surface area contributed by atoms with Gasteiger partial charge in [0, 0.05) is 12.1 Å². The van der Waals surface area contributed by atoms with Gasteiger partial charge in [0.2, 0.25) is 13.4 Å². The number of nitrogens with one attached hydrogen (secondary N) is 1. The van der Waals surface area contributed by atoms with Crippen LogP contribution >= 0.6 is 0 Å². The quantitative estimate of drug-likeness (QED) is 0.436. The number of amides is 1. The van der Waals surface area contributed by atoms with Crippen LogP contribution in [0.3, 0.4) is 0 Å². The molecule has 2 rings (SSSR count). The highest BCUT2D eigenvalue weighted by Crippen LogP contribution is 2.32. The van der Waals surface area contributed by atoms with Crippen LogP contribution in [0.25, 0.3) is 0 Å². The summed E-state index contributed by atoms with van der Waals surface area (Å²) >= 11 is 0. The Hall–Kier alpha value is -2.77. The van der Waals surface area contributed by atoms with Gasteiger partial charge in [-0.05, 0) is 31.5 Å². The predicted octanol–water partition coefficient (Wildman–Crippen LogP) is 1.23. The van der Waals surface area contributed by atoms with Gasteiger partial charge in [-0.3, -0.25) is 4.79 Å². The molecular weight excluding hydrogens is 316 g/mol. The van der Waals surface area contributed by atoms with Crippen molar-refractivity contribution in [3.63, 3.8) is 0 Å². The average Bonchev–Trinajstić information content (AvgIpc) is 3.05. The van der Waals surface area contributed by atoms with Crippen molar-refractivity contribution in [3.05, 3.63) is 23.8 Å². The van der Waals surface area contributed by atoms with E-state index in [1.807, 2.05) is 13.0 Å². The zero-order valence-electron chi connectivity index (χ0n) is 13.7. The van der Waals surface area contributed by atoms with Crippen LogP contribution in [0.15, 0.2) is 23.4 Å². The molecule has 24 heavy (non-hydrogen) atoms. The van der Waals surface area contributed by atoms with E-state index in [9.17, 15) is 9.59 Å². The van der Waals surface area contributed by atoms with Gasteiger partial charge in [0.25, 0.3) is 5.91 Å². The van der Waals surface area contributed by atoms with Crippen molar-refractivity contribution in [2.24, 2.45) is 5.16 Å². The predicted molar refractivity (Wildman–Crippen MR) is 85.0 cm³/mol. The third-order valence-electron chi connectivity index (χ3n) is 3.11. The van der Waals surface area contributed by atoms with Gasteiger partial charge in [0.1, 0.15) is 0 Å². The molecule has 0 saturated heterocycles. The number of carbonyl (C=O) groups is 2. The van der Waals surface area contributed by atoms with Crippen LogP contribution < -0.4 is 14.8 Å². The highest BCUT2D eigenvalue weighted by molar-refractivity contribution is 5.99. The van der Waals surface area contributed by atoms with Gasteiger partial charge in [-0.15, -0.1) is 0 Å². The molecule has 0 aliphatic carbocycles. The summed E-state index contributed by atoms with van der Waals surface area (Å²) in [6, 6.07) is 5.37. The van der Waals surface area contributed by atoms with E-state index in [-0.39, 0.29) is 25.9 Å². The van der Waals surface area contributed by atoms with Gasteiger partial charge >= 0.3 is 5.97 Å². The van der Waals surface area contributed by atoms with E-state index in [0.717, 1.165) is 12.0 Å². The molecule has 8 heteroatoms. The molecule has 0 radical (unpaired) electrons. The Balaban J connectivity index is 1.74. The van der Waals surface area contributed by atoms with Crippen LogP contribution in [0.1, 0.15) is 25.8 Å². The van der Waals surface area contributed by atoms with E-state index in [4.69, 9.17) is 19.0 Å². The number of carbonyl (C=O) groups excluding carboxylic acids is 2. The molecule has 1 aliphatic heterocycles. The highest BCUT2D eigenvalue weighted by Gasteiger charge is 2.14. The maximum atomic E-state index is 11.5. The molecule has 1 amide bonds. The first kappa shape index (κ1) is 17.6. The summed E-state index contributed by atoms with van der Waals surface area (Å²) in [5.74, 6) is 0.311. The minimum atomic E-state index is -0.663. The first-order valence-corrected chi connectivity index (χ1v) is 7.59. The third kappa shape index (κ3) is 5.15. The van der Waals surface area contributed by atoms with Gasteiger partial charge in [0.15, 0.2) is 18.1 Å². The lowest BCUT2D eigenvalue weighted by Crippen LogP contribution is -2.29.